The van der Waals surface area contributed by atoms with E-state index in [1.54, 1.807) is 0 Å². The zero-order valence-electron chi connectivity index (χ0n) is 13.4. The number of nitrogens with one attached hydrogen (secondary N) is 1. The van der Waals surface area contributed by atoms with Crippen LogP contribution in [0.3, 0.4) is 0 Å². The van der Waals surface area contributed by atoms with Crippen molar-refractivity contribution in [2.45, 2.75) is 64.0 Å². The van der Waals surface area contributed by atoms with E-state index in [0.717, 1.165) is 6.04 Å². The molecular formula is C18H30N2S. The van der Waals surface area contributed by atoms with Crippen molar-refractivity contribution in [1.29, 1.82) is 0 Å². The molecule has 21 heavy (non-hydrogen) atoms. The molecule has 1 heterocycles. The van der Waals surface area contributed by atoms with E-state index in [-0.39, 0.29) is 0 Å². The van der Waals surface area contributed by atoms with Crippen molar-refractivity contribution in [1.82, 2.24) is 10.2 Å². The van der Waals surface area contributed by atoms with Gasteiger partial charge in [-0.05, 0) is 60.5 Å². The number of hydrogen-bond donors (Lipinski definition) is 1. The van der Waals surface area contributed by atoms with Gasteiger partial charge in [0, 0.05) is 25.7 Å². The van der Waals surface area contributed by atoms with E-state index in [1.807, 2.05) is 11.3 Å². The van der Waals surface area contributed by atoms with Crippen LogP contribution < -0.4 is 5.32 Å². The lowest BCUT2D eigenvalue weighted by Gasteiger charge is -2.38. The molecule has 0 saturated heterocycles. The van der Waals surface area contributed by atoms with E-state index in [2.05, 4.69) is 34.1 Å². The highest BCUT2D eigenvalue weighted by atomic mass is 32.1. The Morgan fingerprint density at radius 2 is 2.00 bits per heavy atom. The van der Waals surface area contributed by atoms with Crippen LogP contribution in [0.15, 0.2) is 16.8 Å². The number of hydrogen-bond acceptors (Lipinski definition) is 3. The average molecular weight is 307 g/mol. The third-order valence-corrected chi connectivity index (χ3v) is 6.02. The van der Waals surface area contributed by atoms with Crippen molar-refractivity contribution < 1.29 is 0 Å². The molecule has 1 N–H and O–H groups in total. The predicted molar refractivity (Wildman–Crippen MR) is 91.8 cm³/mol. The van der Waals surface area contributed by atoms with Crippen LogP contribution in [0.25, 0.3) is 0 Å². The van der Waals surface area contributed by atoms with Crippen LogP contribution in [0.1, 0.15) is 56.9 Å². The summed E-state index contributed by atoms with van der Waals surface area (Å²) in [5.74, 6) is 0. The largest absolute Gasteiger partial charge is 0.319 e. The number of rotatable bonds is 7. The maximum absolute atomic E-state index is 3.50. The van der Waals surface area contributed by atoms with E-state index < -0.39 is 0 Å². The summed E-state index contributed by atoms with van der Waals surface area (Å²) in [4.78, 5) is 2.80. The molecule has 0 unspecified atom stereocenters. The van der Waals surface area contributed by atoms with Gasteiger partial charge in [0.25, 0.3) is 0 Å². The second-order valence-corrected chi connectivity index (χ2v) is 7.99. The Kier molecular flexibility index (Phi) is 5.36. The SMILES string of the molecule is CNCC1(CN(Cc2ccsc2)C2CC2)CCCCCC1. The summed E-state index contributed by atoms with van der Waals surface area (Å²) >= 11 is 1.83. The summed E-state index contributed by atoms with van der Waals surface area (Å²) in [5.41, 5.74) is 2.03. The molecule has 3 rings (SSSR count). The monoisotopic (exact) mass is 306 g/mol. The highest BCUT2D eigenvalue weighted by Crippen LogP contribution is 2.39. The molecule has 1 aromatic heterocycles. The summed E-state index contributed by atoms with van der Waals surface area (Å²) in [5, 5.41) is 8.05. The molecule has 0 aromatic carbocycles. The Morgan fingerprint density at radius 3 is 2.57 bits per heavy atom. The third-order valence-electron chi connectivity index (χ3n) is 5.28. The zero-order valence-corrected chi connectivity index (χ0v) is 14.3. The average Bonchev–Trinajstić information content (AvgIpc) is 3.24. The highest BCUT2D eigenvalue weighted by molar-refractivity contribution is 7.07. The second kappa shape index (κ2) is 7.26. The van der Waals surface area contributed by atoms with Gasteiger partial charge in [-0.25, -0.2) is 0 Å². The van der Waals surface area contributed by atoms with Crippen LogP contribution in [0, 0.1) is 5.41 Å². The smallest absolute Gasteiger partial charge is 0.0245 e. The fourth-order valence-corrected chi connectivity index (χ4v) is 4.71. The Morgan fingerprint density at radius 1 is 1.24 bits per heavy atom. The van der Waals surface area contributed by atoms with E-state index in [0.29, 0.717) is 5.41 Å². The van der Waals surface area contributed by atoms with Crippen molar-refractivity contribution in [3.8, 4) is 0 Å². The molecule has 1 aromatic rings. The van der Waals surface area contributed by atoms with Crippen molar-refractivity contribution in [3.05, 3.63) is 22.4 Å². The van der Waals surface area contributed by atoms with E-state index in [1.165, 1.54) is 76.6 Å². The summed E-state index contributed by atoms with van der Waals surface area (Å²) < 4.78 is 0. The summed E-state index contributed by atoms with van der Waals surface area (Å²) in [7, 11) is 2.13. The first-order valence-electron chi connectivity index (χ1n) is 8.71. The summed E-state index contributed by atoms with van der Waals surface area (Å²) in [6, 6.07) is 3.17. The summed E-state index contributed by atoms with van der Waals surface area (Å²) in [6.07, 6.45) is 11.4. The molecule has 2 fully saturated rings. The lowest BCUT2D eigenvalue weighted by molar-refractivity contribution is 0.117. The van der Waals surface area contributed by atoms with Gasteiger partial charge in [0.15, 0.2) is 0 Å². The number of nitrogens with zero attached hydrogens (tertiary/aromatic N) is 1. The summed E-state index contributed by atoms with van der Waals surface area (Å²) in [6.45, 7) is 3.66. The Bertz CT molecular complexity index is 403. The lowest BCUT2D eigenvalue weighted by atomic mass is 9.79. The molecule has 0 aliphatic heterocycles. The quantitative estimate of drug-likeness (QED) is 0.757. The minimum absolute atomic E-state index is 0.518. The highest BCUT2D eigenvalue weighted by Gasteiger charge is 2.37. The standard InChI is InChI=1S/C18H30N2S/c1-19-14-18(9-4-2-3-5-10-18)15-20(17-6-7-17)12-16-8-11-21-13-16/h8,11,13,17,19H,2-7,9-10,12,14-15H2,1H3. The van der Waals surface area contributed by atoms with Crippen LogP contribution in [0.2, 0.25) is 0 Å². The molecule has 3 heteroatoms. The van der Waals surface area contributed by atoms with Crippen molar-refractivity contribution in [2.24, 2.45) is 5.41 Å². The van der Waals surface area contributed by atoms with Crippen LogP contribution >= 0.6 is 11.3 Å². The maximum Gasteiger partial charge on any atom is 0.0245 e. The second-order valence-electron chi connectivity index (χ2n) is 7.21. The van der Waals surface area contributed by atoms with Crippen LogP contribution in [-0.2, 0) is 6.54 Å². The van der Waals surface area contributed by atoms with E-state index in [9.17, 15) is 0 Å². The van der Waals surface area contributed by atoms with Crippen molar-refractivity contribution in [3.63, 3.8) is 0 Å². The van der Waals surface area contributed by atoms with Gasteiger partial charge in [-0.15, -0.1) is 0 Å². The molecule has 118 valence electrons. The first kappa shape index (κ1) is 15.5. The van der Waals surface area contributed by atoms with Gasteiger partial charge in [-0.3, -0.25) is 4.90 Å². The Hall–Kier alpha value is -0.380. The van der Waals surface area contributed by atoms with Gasteiger partial charge in [-0.2, -0.15) is 11.3 Å². The van der Waals surface area contributed by atoms with Gasteiger partial charge in [0.05, 0.1) is 0 Å². The number of thiophene rings is 1. The minimum atomic E-state index is 0.518. The van der Waals surface area contributed by atoms with Gasteiger partial charge >= 0.3 is 0 Å². The lowest BCUT2D eigenvalue weighted by Crippen LogP contribution is -2.44. The first-order valence-corrected chi connectivity index (χ1v) is 9.65. The molecule has 0 amide bonds. The van der Waals surface area contributed by atoms with Crippen molar-refractivity contribution in [2.75, 3.05) is 20.1 Å². The van der Waals surface area contributed by atoms with E-state index in [4.69, 9.17) is 0 Å². The molecule has 0 atom stereocenters. The van der Waals surface area contributed by atoms with Crippen LogP contribution in [0.5, 0.6) is 0 Å². The normalized spacial score (nSPS) is 22.4. The minimum Gasteiger partial charge on any atom is -0.319 e. The Balaban J connectivity index is 1.68. The molecular weight excluding hydrogens is 276 g/mol. The topological polar surface area (TPSA) is 15.3 Å². The fourth-order valence-electron chi connectivity index (χ4n) is 4.05. The van der Waals surface area contributed by atoms with Gasteiger partial charge in [0.2, 0.25) is 0 Å². The fraction of sp³-hybridized carbons (Fsp3) is 0.778. The van der Waals surface area contributed by atoms with Crippen molar-refractivity contribution >= 4 is 11.3 Å². The first-order chi connectivity index (χ1) is 10.3. The molecule has 2 saturated carbocycles. The van der Waals surface area contributed by atoms with E-state index >= 15 is 0 Å². The predicted octanol–water partition coefficient (Wildman–Crippen LogP) is 4.27. The molecule has 0 radical (unpaired) electrons. The van der Waals surface area contributed by atoms with Crippen LogP contribution in [0.4, 0.5) is 0 Å². The third kappa shape index (κ3) is 4.30. The maximum atomic E-state index is 3.50. The molecule has 2 aliphatic carbocycles. The molecule has 0 bridgehead atoms. The molecule has 2 nitrogen and oxygen atoms in total. The van der Waals surface area contributed by atoms with Gasteiger partial charge < -0.3 is 5.32 Å². The molecule has 0 spiro atoms. The van der Waals surface area contributed by atoms with Gasteiger partial charge in [-0.1, -0.05) is 25.7 Å². The van der Waals surface area contributed by atoms with Gasteiger partial charge in [0.1, 0.15) is 0 Å². The molecule has 2 aliphatic rings. The van der Waals surface area contributed by atoms with Crippen LogP contribution in [-0.4, -0.2) is 31.1 Å². The Labute approximate surface area is 133 Å². The zero-order chi connectivity index (χ0) is 14.5.